The van der Waals surface area contributed by atoms with E-state index in [-0.39, 0.29) is 11.9 Å². The molecule has 1 aromatic heterocycles. The maximum atomic E-state index is 12.8. The lowest BCUT2D eigenvalue weighted by Crippen LogP contribution is -2.49. The Balaban J connectivity index is 1.58. The summed E-state index contributed by atoms with van der Waals surface area (Å²) in [5, 5.41) is 0. The van der Waals surface area contributed by atoms with Gasteiger partial charge in [0.2, 0.25) is 5.88 Å². The second-order valence-corrected chi connectivity index (χ2v) is 6.76. The molecule has 0 unspecified atom stereocenters. The molecule has 1 fully saturated rings. The van der Waals surface area contributed by atoms with Crippen LogP contribution in [-0.2, 0) is 0 Å². The fourth-order valence-electron chi connectivity index (χ4n) is 3.10. The monoisotopic (exact) mass is 400 g/mol. The van der Waals surface area contributed by atoms with Crippen molar-refractivity contribution in [3.05, 3.63) is 35.9 Å². The van der Waals surface area contributed by atoms with Crippen LogP contribution in [0.15, 0.2) is 30.3 Å². The van der Waals surface area contributed by atoms with Gasteiger partial charge in [0.15, 0.2) is 0 Å². The second kappa shape index (κ2) is 9.95. The predicted octanol–water partition coefficient (Wildman–Crippen LogP) is 2.64. The highest BCUT2D eigenvalue weighted by Gasteiger charge is 2.24. The molecule has 1 aromatic carbocycles. The molecule has 1 aliphatic rings. The molecule has 29 heavy (non-hydrogen) atoms. The van der Waals surface area contributed by atoms with Gasteiger partial charge in [0, 0.05) is 37.8 Å². The van der Waals surface area contributed by atoms with Gasteiger partial charge in [0.25, 0.3) is 5.91 Å². The number of carbonyl (C=O) groups is 1. The van der Waals surface area contributed by atoms with Gasteiger partial charge >= 0.3 is 6.01 Å². The number of ether oxygens (including phenoxy) is 3. The second-order valence-electron chi connectivity index (χ2n) is 6.76. The van der Waals surface area contributed by atoms with Gasteiger partial charge in [0.05, 0.1) is 20.8 Å². The molecule has 2 aromatic rings. The summed E-state index contributed by atoms with van der Waals surface area (Å²) < 4.78 is 16.0. The number of piperazine rings is 1. The highest BCUT2D eigenvalue weighted by Crippen LogP contribution is 2.22. The van der Waals surface area contributed by atoms with E-state index < -0.39 is 0 Å². The minimum atomic E-state index is 0.0302. The highest BCUT2D eigenvalue weighted by molar-refractivity contribution is 5.94. The van der Waals surface area contributed by atoms with Gasteiger partial charge in [-0.25, -0.2) is 0 Å². The number of anilines is 1. The first-order valence-corrected chi connectivity index (χ1v) is 9.88. The van der Waals surface area contributed by atoms with Crippen LogP contribution in [0.4, 0.5) is 5.82 Å². The van der Waals surface area contributed by atoms with Crippen LogP contribution in [0.3, 0.4) is 0 Å². The Labute approximate surface area is 171 Å². The third-order valence-electron chi connectivity index (χ3n) is 4.82. The summed E-state index contributed by atoms with van der Waals surface area (Å²) in [7, 11) is 3.08. The third-order valence-corrected chi connectivity index (χ3v) is 4.82. The Morgan fingerprint density at radius 2 is 1.76 bits per heavy atom. The number of amides is 1. The zero-order chi connectivity index (χ0) is 20.6. The fourth-order valence-corrected chi connectivity index (χ4v) is 3.10. The van der Waals surface area contributed by atoms with E-state index in [1.54, 1.807) is 13.2 Å². The van der Waals surface area contributed by atoms with Gasteiger partial charge in [-0.05, 0) is 30.7 Å². The Morgan fingerprint density at radius 3 is 2.38 bits per heavy atom. The number of nitrogens with zero attached hydrogens (tertiary/aromatic N) is 4. The van der Waals surface area contributed by atoms with Crippen molar-refractivity contribution in [2.45, 2.75) is 19.8 Å². The Bertz CT molecular complexity index is 783. The van der Waals surface area contributed by atoms with Crippen molar-refractivity contribution in [1.82, 2.24) is 14.9 Å². The molecule has 3 rings (SSSR count). The van der Waals surface area contributed by atoms with Crippen molar-refractivity contribution in [3.63, 3.8) is 0 Å². The van der Waals surface area contributed by atoms with E-state index in [2.05, 4.69) is 21.8 Å². The standard InChI is InChI=1S/C21H28N4O4/c1-4-5-14-29-17-8-6-16(7-9-17)20(26)25-12-10-24(11-13-25)18-15-19(27-2)23-21(22-18)28-3/h6-9,15H,4-5,10-14H2,1-3H3. The number of hydrogen-bond donors (Lipinski definition) is 0. The predicted molar refractivity (Wildman–Crippen MR) is 110 cm³/mol. The first-order chi connectivity index (χ1) is 14.1. The number of hydrogen-bond acceptors (Lipinski definition) is 7. The van der Waals surface area contributed by atoms with Crippen LogP contribution in [0, 0.1) is 0 Å². The van der Waals surface area contributed by atoms with E-state index in [0.29, 0.717) is 44.2 Å². The number of unbranched alkanes of at least 4 members (excludes halogenated alkanes) is 1. The van der Waals surface area contributed by atoms with Gasteiger partial charge in [-0.15, -0.1) is 0 Å². The average molecular weight is 400 g/mol. The quantitative estimate of drug-likeness (QED) is 0.631. The van der Waals surface area contributed by atoms with E-state index in [1.165, 1.54) is 7.11 Å². The SMILES string of the molecule is CCCCOc1ccc(C(=O)N2CCN(c3cc(OC)nc(OC)n3)CC2)cc1. The van der Waals surface area contributed by atoms with Crippen LogP contribution >= 0.6 is 0 Å². The van der Waals surface area contributed by atoms with Crippen LogP contribution in [-0.4, -0.2) is 67.8 Å². The Morgan fingerprint density at radius 1 is 1.03 bits per heavy atom. The lowest BCUT2D eigenvalue weighted by molar-refractivity contribution is 0.0746. The Kier molecular flexibility index (Phi) is 7.10. The maximum absolute atomic E-state index is 12.8. The number of methoxy groups -OCH3 is 2. The normalized spacial score (nSPS) is 13.9. The van der Waals surface area contributed by atoms with E-state index in [0.717, 1.165) is 24.4 Å². The van der Waals surface area contributed by atoms with Crippen LogP contribution in [0.5, 0.6) is 17.6 Å². The van der Waals surface area contributed by atoms with E-state index >= 15 is 0 Å². The summed E-state index contributed by atoms with van der Waals surface area (Å²) in [6.07, 6.45) is 2.12. The van der Waals surface area contributed by atoms with Crippen LogP contribution in [0.1, 0.15) is 30.1 Å². The largest absolute Gasteiger partial charge is 0.494 e. The molecule has 0 radical (unpaired) electrons. The molecule has 8 nitrogen and oxygen atoms in total. The molecule has 0 saturated carbocycles. The number of carbonyl (C=O) groups excluding carboxylic acids is 1. The van der Waals surface area contributed by atoms with Gasteiger partial charge in [-0.3, -0.25) is 4.79 Å². The first-order valence-electron chi connectivity index (χ1n) is 9.88. The lowest BCUT2D eigenvalue weighted by Gasteiger charge is -2.35. The van der Waals surface area contributed by atoms with Crippen LogP contribution in [0.2, 0.25) is 0 Å². The molecule has 1 aliphatic heterocycles. The molecular formula is C21H28N4O4. The highest BCUT2D eigenvalue weighted by atomic mass is 16.5. The van der Waals surface area contributed by atoms with Crippen molar-refractivity contribution >= 4 is 11.7 Å². The molecule has 0 atom stereocenters. The molecule has 1 saturated heterocycles. The van der Waals surface area contributed by atoms with E-state index in [1.807, 2.05) is 29.2 Å². The number of aromatic nitrogens is 2. The molecule has 8 heteroatoms. The number of benzene rings is 1. The zero-order valence-corrected chi connectivity index (χ0v) is 17.3. The summed E-state index contributed by atoms with van der Waals surface area (Å²) in [4.78, 5) is 25.3. The Hall–Kier alpha value is -3.03. The summed E-state index contributed by atoms with van der Waals surface area (Å²) in [6, 6.07) is 9.42. The first kappa shape index (κ1) is 20.7. The summed E-state index contributed by atoms with van der Waals surface area (Å²) in [6.45, 7) is 5.40. The molecule has 0 aliphatic carbocycles. The maximum Gasteiger partial charge on any atom is 0.321 e. The number of rotatable bonds is 8. The van der Waals surface area contributed by atoms with Crippen LogP contribution in [0.25, 0.3) is 0 Å². The van der Waals surface area contributed by atoms with Gasteiger partial charge in [-0.2, -0.15) is 9.97 Å². The van der Waals surface area contributed by atoms with Crippen molar-refractivity contribution in [1.29, 1.82) is 0 Å². The van der Waals surface area contributed by atoms with Crippen molar-refractivity contribution in [2.24, 2.45) is 0 Å². The summed E-state index contributed by atoms with van der Waals surface area (Å²) in [5.41, 5.74) is 0.673. The summed E-state index contributed by atoms with van der Waals surface area (Å²) in [5.74, 6) is 2.01. The minimum absolute atomic E-state index is 0.0302. The topological polar surface area (TPSA) is 77.0 Å². The average Bonchev–Trinajstić information content (AvgIpc) is 2.79. The molecule has 0 spiro atoms. The van der Waals surface area contributed by atoms with Gasteiger partial charge in [-0.1, -0.05) is 13.3 Å². The molecular weight excluding hydrogens is 372 g/mol. The minimum Gasteiger partial charge on any atom is -0.494 e. The molecule has 1 amide bonds. The third kappa shape index (κ3) is 5.28. The molecule has 2 heterocycles. The van der Waals surface area contributed by atoms with E-state index in [9.17, 15) is 4.79 Å². The van der Waals surface area contributed by atoms with Crippen molar-refractivity contribution < 1.29 is 19.0 Å². The van der Waals surface area contributed by atoms with E-state index in [4.69, 9.17) is 14.2 Å². The van der Waals surface area contributed by atoms with Crippen molar-refractivity contribution in [2.75, 3.05) is 51.9 Å². The molecule has 0 bridgehead atoms. The summed E-state index contributed by atoms with van der Waals surface area (Å²) >= 11 is 0. The van der Waals surface area contributed by atoms with Gasteiger partial charge in [0.1, 0.15) is 11.6 Å². The zero-order valence-electron chi connectivity index (χ0n) is 17.3. The van der Waals surface area contributed by atoms with Gasteiger partial charge < -0.3 is 24.0 Å². The molecule has 156 valence electrons. The van der Waals surface area contributed by atoms with Crippen LogP contribution < -0.4 is 19.1 Å². The fraction of sp³-hybridized carbons (Fsp3) is 0.476. The smallest absolute Gasteiger partial charge is 0.321 e. The van der Waals surface area contributed by atoms with Crippen molar-refractivity contribution in [3.8, 4) is 17.6 Å². The lowest BCUT2D eigenvalue weighted by atomic mass is 10.1. The molecule has 0 N–H and O–H groups in total.